The van der Waals surface area contributed by atoms with Crippen molar-refractivity contribution in [1.82, 2.24) is 10.2 Å². The molecule has 1 fully saturated rings. The van der Waals surface area contributed by atoms with Gasteiger partial charge in [-0.05, 0) is 43.8 Å². The highest BCUT2D eigenvalue weighted by atomic mass is 16.5. The molecular weight excluding hydrogens is 282 g/mol. The molecule has 6 nitrogen and oxygen atoms in total. The standard InChI is InChI=1S/C16H25N3O3/c1-21-15-5-3-14(4-6-15)18-16(20)13-17-7-2-8-19-9-11-22-12-10-19/h3-6,17H,2,7-13H2,1H3,(H,18,20). The average molecular weight is 307 g/mol. The first-order chi connectivity index (χ1) is 10.8. The Morgan fingerprint density at radius 3 is 2.68 bits per heavy atom. The van der Waals surface area contributed by atoms with E-state index in [1.54, 1.807) is 7.11 Å². The minimum Gasteiger partial charge on any atom is -0.497 e. The number of carbonyl (C=O) groups is 1. The van der Waals surface area contributed by atoms with Gasteiger partial charge in [0, 0.05) is 18.8 Å². The van der Waals surface area contributed by atoms with Crippen molar-refractivity contribution in [2.45, 2.75) is 6.42 Å². The monoisotopic (exact) mass is 307 g/mol. The normalized spacial score (nSPS) is 15.5. The molecule has 1 saturated heterocycles. The fraction of sp³-hybridized carbons (Fsp3) is 0.562. The van der Waals surface area contributed by atoms with Gasteiger partial charge in [0.05, 0.1) is 26.9 Å². The van der Waals surface area contributed by atoms with Crippen LogP contribution in [0.2, 0.25) is 0 Å². The molecule has 22 heavy (non-hydrogen) atoms. The van der Waals surface area contributed by atoms with E-state index in [1.165, 1.54) is 0 Å². The van der Waals surface area contributed by atoms with Gasteiger partial charge in [0.25, 0.3) is 0 Å². The Balaban J connectivity index is 1.55. The summed E-state index contributed by atoms with van der Waals surface area (Å²) in [5, 5.41) is 6.02. The number of nitrogens with one attached hydrogen (secondary N) is 2. The Labute approximate surface area is 131 Å². The van der Waals surface area contributed by atoms with Gasteiger partial charge in [-0.25, -0.2) is 0 Å². The number of ether oxygens (including phenoxy) is 2. The van der Waals surface area contributed by atoms with Crippen molar-refractivity contribution < 1.29 is 14.3 Å². The number of benzene rings is 1. The maximum Gasteiger partial charge on any atom is 0.238 e. The molecule has 0 spiro atoms. The molecular formula is C16H25N3O3. The number of carbonyl (C=O) groups excluding carboxylic acids is 1. The van der Waals surface area contributed by atoms with Crippen LogP contribution in [0.5, 0.6) is 5.75 Å². The predicted molar refractivity (Wildman–Crippen MR) is 86.4 cm³/mol. The van der Waals surface area contributed by atoms with Crippen LogP contribution in [0.4, 0.5) is 5.69 Å². The van der Waals surface area contributed by atoms with Gasteiger partial charge in [-0.2, -0.15) is 0 Å². The van der Waals surface area contributed by atoms with E-state index >= 15 is 0 Å². The van der Waals surface area contributed by atoms with Gasteiger partial charge in [-0.3, -0.25) is 9.69 Å². The lowest BCUT2D eigenvalue weighted by atomic mass is 10.3. The molecule has 0 saturated carbocycles. The molecule has 6 heteroatoms. The maximum atomic E-state index is 11.8. The highest BCUT2D eigenvalue weighted by molar-refractivity contribution is 5.92. The van der Waals surface area contributed by atoms with Crippen LogP contribution >= 0.6 is 0 Å². The molecule has 122 valence electrons. The van der Waals surface area contributed by atoms with Crippen molar-refractivity contribution in [1.29, 1.82) is 0 Å². The third-order valence-electron chi connectivity index (χ3n) is 3.59. The SMILES string of the molecule is COc1ccc(NC(=O)CNCCCN2CCOCC2)cc1. The van der Waals surface area contributed by atoms with E-state index in [0.717, 1.165) is 57.3 Å². The Kier molecular flexibility index (Phi) is 7.15. The molecule has 1 aromatic carbocycles. The second-order valence-corrected chi connectivity index (χ2v) is 5.26. The Bertz CT molecular complexity index is 444. The molecule has 1 amide bonds. The molecule has 0 aliphatic carbocycles. The van der Waals surface area contributed by atoms with Crippen LogP contribution in [0, 0.1) is 0 Å². The number of morpholine rings is 1. The number of methoxy groups -OCH3 is 1. The number of rotatable bonds is 8. The maximum absolute atomic E-state index is 11.8. The second kappa shape index (κ2) is 9.40. The summed E-state index contributed by atoms with van der Waals surface area (Å²) in [6.45, 7) is 5.91. The van der Waals surface area contributed by atoms with E-state index < -0.39 is 0 Å². The van der Waals surface area contributed by atoms with Crippen LogP contribution < -0.4 is 15.4 Å². The molecule has 0 radical (unpaired) electrons. The van der Waals surface area contributed by atoms with Crippen LogP contribution in [0.3, 0.4) is 0 Å². The van der Waals surface area contributed by atoms with E-state index in [-0.39, 0.29) is 5.91 Å². The third-order valence-corrected chi connectivity index (χ3v) is 3.59. The van der Waals surface area contributed by atoms with Gasteiger partial charge in [-0.1, -0.05) is 0 Å². The zero-order valence-corrected chi connectivity index (χ0v) is 13.1. The van der Waals surface area contributed by atoms with E-state index in [4.69, 9.17) is 9.47 Å². The minimum absolute atomic E-state index is 0.0310. The van der Waals surface area contributed by atoms with Crippen LogP contribution in [0.15, 0.2) is 24.3 Å². The van der Waals surface area contributed by atoms with Gasteiger partial charge < -0.3 is 20.1 Å². The molecule has 1 aliphatic heterocycles. The fourth-order valence-electron chi connectivity index (χ4n) is 2.33. The lowest BCUT2D eigenvalue weighted by Gasteiger charge is -2.26. The molecule has 0 aromatic heterocycles. The molecule has 1 heterocycles. The Hall–Kier alpha value is -1.63. The summed E-state index contributed by atoms with van der Waals surface area (Å²) in [4.78, 5) is 14.2. The summed E-state index contributed by atoms with van der Waals surface area (Å²) in [5.74, 6) is 0.746. The van der Waals surface area contributed by atoms with E-state index in [0.29, 0.717) is 6.54 Å². The molecule has 0 unspecified atom stereocenters. The van der Waals surface area contributed by atoms with Crippen molar-refractivity contribution >= 4 is 11.6 Å². The third kappa shape index (κ3) is 6.01. The smallest absolute Gasteiger partial charge is 0.238 e. The Morgan fingerprint density at radius 1 is 1.27 bits per heavy atom. The summed E-state index contributed by atoms with van der Waals surface area (Å²) >= 11 is 0. The number of hydrogen-bond acceptors (Lipinski definition) is 5. The number of hydrogen-bond donors (Lipinski definition) is 2. The van der Waals surface area contributed by atoms with E-state index in [9.17, 15) is 4.79 Å². The topological polar surface area (TPSA) is 62.8 Å². The molecule has 1 aliphatic rings. The first-order valence-electron chi connectivity index (χ1n) is 7.72. The van der Waals surface area contributed by atoms with Crippen LogP contribution in [-0.2, 0) is 9.53 Å². The average Bonchev–Trinajstić information content (AvgIpc) is 2.56. The summed E-state index contributed by atoms with van der Waals surface area (Å²) in [7, 11) is 1.62. The lowest BCUT2D eigenvalue weighted by Crippen LogP contribution is -2.38. The van der Waals surface area contributed by atoms with Gasteiger partial charge in [0.1, 0.15) is 5.75 Å². The largest absolute Gasteiger partial charge is 0.497 e. The zero-order chi connectivity index (χ0) is 15.6. The molecule has 1 aromatic rings. The highest BCUT2D eigenvalue weighted by Crippen LogP contribution is 2.14. The number of nitrogens with zero attached hydrogens (tertiary/aromatic N) is 1. The summed E-state index contributed by atoms with van der Waals surface area (Å²) in [5.41, 5.74) is 0.779. The van der Waals surface area contributed by atoms with E-state index in [1.807, 2.05) is 24.3 Å². The van der Waals surface area contributed by atoms with Gasteiger partial charge in [-0.15, -0.1) is 0 Å². The zero-order valence-electron chi connectivity index (χ0n) is 13.1. The van der Waals surface area contributed by atoms with Crippen molar-refractivity contribution in [3.63, 3.8) is 0 Å². The highest BCUT2D eigenvalue weighted by Gasteiger charge is 2.09. The lowest BCUT2D eigenvalue weighted by molar-refractivity contribution is -0.115. The van der Waals surface area contributed by atoms with Gasteiger partial charge >= 0.3 is 0 Å². The Morgan fingerprint density at radius 2 is 2.00 bits per heavy atom. The van der Waals surface area contributed by atoms with Crippen molar-refractivity contribution in [3.05, 3.63) is 24.3 Å². The first kappa shape index (κ1) is 16.7. The molecule has 2 rings (SSSR count). The second-order valence-electron chi connectivity index (χ2n) is 5.26. The van der Waals surface area contributed by atoms with Gasteiger partial charge in [0.2, 0.25) is 5.91 Å². The fourth-order valence-corrected chi connectivity index (χ4v) is 2.33. The first-order valence-corrected chi connectivity index (χ1v) is 7.72. The van der Waals surface area contributed by atoms with Gasteiger partial charge in [0.15, 0.2) is 0 Å². The minimum atomic E-state index is -0.0310. The quantitative estimate of drug-likeness (QED) is 0.700. The van der Waals surface area contributed by atoms with Crippen LogP contribution in [0.25, 0.3) is 0 Å². The number of anilines is 1. The van der Waals surface area contributed by atoms with Crippen molar-refractivity contribution in [2.75, 3.05) is 58.4 Å². The predicted octanol–water partition coefficient (Wildman–Crippen LogP) is 0.946. The van der Waals surface area contributed by atoms with Crippen LogP contribution in [0.1, 0.15) is 6.42 Å². The summed E-state index contributed by atoms with van der Waals surface area (Å²) in [6, 6.07) is 7.31. The summed E-state index contributed by atoms with van der Waals surface area (Å²) < 4.78 is 10.4. The van der Waals surface area contributed by atoms with Crippen molar-refractivity contribution in [2.24, 2.45) is 0 Å². The summed E-state index contributed by atoms with van der Waals surface area (Å²) in [6.07, 6.45) is 1.04. The number of amides is 1. The van der Waals surface area contributed by atoms with E-state index in [2.05, 4.69) is 15.5 Å². The molecule has 2 N–H and O–H groups in total. The van der Waals surface area contributed by atoms with Crippen LogP contribution in [-0.4, -0.2) is 63.9 Å². The molecule has 0 bridgehead atoms. The van der Waals surface area contributed by atoms with Crippen molar-refractivity contribution in [3.8, 4) is 5.75 Å². The molecule has 0 atom stereocenters.